The summed E-state index contributed by atoms with van der Waals surface area (Å²) in [6.07, 6.45) is 2.22. The lowest BCUT2D eigenvalue weighted by Crippen LogP contribution is -2.53. The zero-order valence-electron chi connectivity index (χ0n) is 27.4. The number of fused-ring (bicyclic) bond motifs is 4. The van der Waals surface area contributed by atoms with E-state index in [-0.39, 0.29) is 29.8 Å². The van der Waals surface area contributed by atoms with E-state index in [2.05, 4.69) is 5.43 Å². The first-order valence-corrected chi connectivity index (χ1v) is 16.7. The molecule has 1 saturated carbocycles. The Morgan fingerprint density at radius 3 is 2.20 bits per heavy atom. The highest BCUT2D eigenvalue weighted by Crippen LogP contribution is 2.64. The zero-order chi connectivity index (χ0) is 35.8. The number of aryl methyl sites for hydroxylation is 1. The van der Waals surface area contributed by atoms with Crippen molar-refractivity contribution < 1.29 is 39.3 Å². The van der Waals surface area contributed by atoms with E-state index in [1.54, 1.807) is 24.3 Å². The van der Waals surface area contributed by atoms with Gasteiger partial charge >= 0.3 is 5.97 Å². The highest BCUT2D eigenvalue weighted by Gasteiger charge is 2.70. The van der Waals surface area contributed by atoms with E-state index in [9.17, 15) is 34.5 Å². The average Bonchev–Trinajstić information content (AvgIpc) is 3.50. The van der Waals surface area contributed by atoms with Crippen molar-refractivity contribution >= 4 is 41.0 Å². The van der Waals surface area contributed by atoms with Crippen LogP contribution in [0.25, 0.3) is 0 Å². The number of phenols is 2. The molecule has 4 aliphatic rings. The summed E-state index contributed by atoms with van der Waals surface area (Å²) in [7, 11) is 0. The maximum atomic E-state index is 15.1. The molecule has 0 aromatic heterocycles. The van der Waals surface area contributed by atoms with Gasteiger partial charge in [-0.3, -0.25) is 24.6 Å². The minimum Gasteiger partial charge on any atom is -0.508 e. The zero-order valence-corrected chi connectivity index (χ0v) is 27.4. The normalized spacial score (nSPS) is 26.8. The molecule has 256 valence electrons. The van der Waals surface area contributed by atoms with Crippen LogP contribution in [0.15, 0.2) is 109 Å². The van der Waals surface area contributed by atoms with E-state index in [0.29, 0.717) is 16.8 Å². The van der Waals surface area contributed by atoms with Crippen LogP contribution in [0.1, 0.15) is 45.8 Å². The van der Waals surface area contributed by atoms with Gasteiger partial charge in [-0.15, -0.1) is 0 Å². The van der Waals surface area contributed by atoms with Gasteiger partial charge in [0.25, 0.3) is 11.8 Å². The number of amides is 4. The largest absolute Gasteiger partial charge is 0.508 e. The van der Waals surface area contributed by atoms with E-state index in [0.717, 1.165) is 33.2 Å². The molecule has 4 aromatic carbocycles. The maximum Gasteiger partial charge on any atom is 0.339 e. The lowest BCUT2D eigenvalue weighted by Gasteiger charge is -2.50. The van der Waals surface area contributed by atoms with Gasteiger partial charge in [-0.1, -0.05) is 71.8 Å². The van der Waals surface area contributed by atoms with Crippen LogP contribution in [0.5, 0.6) is 11.5 Å². The minimum atomic E-state index is -1.44. The van der Waals surface area contributed by atoms with Crippen molar-refractivity contribution in [3.63, 3.8) is 0 Å². The topological polar surface area (TPSA) is 165 Å². The molecule has 2 heterocycles. The molecule has 8 rings (SSSR count). The van der Waals surface area contributed by atoms with Gasteiger partial charge in [-0.2, -0.15) is 5.01 Å². The van der Waals surface area contributed by atoms with Crippen molar-refractivity contribution in [1.82, 2.24) is 5.01 Å². The molecule has 4 amide bonds. The highest BCUT2D eigenvalue weighted by atomic mass is 16.4. The monoisotopic (exact) mass is 683 g/mol. The third-order valence-corrected chi connectivity index (χ3v) is 11.1. The Hall–Kier alpha value is -6.23. The number of carboxylic acids is 1. The van der Waals surface area contributed by atoms with Crippen molar-refractivity contribution in [3.8, 4) is 11.5 Å². The number of aromatic carboxylic acids is 1. The second kappa shape index (κ2) is 11.7. The number of hydrazine groups is 1. The van der Waals surface area contributed by atoms with Crippen molar-refractivity contribution in [2.45, 2.75) is 31.1 Å². The van der Waals surface area contributed by atoms with E-state index in [1.165, 1.54) is 18.2 Å². The van der Waals surface area contributed by atoms with Gasteiger partial charge in [-0.05, 0) is 73.2 Å². The SMILES string of the molecule is Cc1ccc(NN2C(=O)C3CC4C(=CCC5C(=O)N(c6ccc(C(=O)O)c(O)c6)C(=O)C54)C(c4ccc(O)cc4)C3(c3ccccc3)C2=O)cc1. The summed E-state index contributed by atoms with van der Waals surface area (Å²) in [5.41, 5.74) is 4.92. The summed E-state index contributed by atoms with van der Waals surface area (Å²) >= 11 is 0. The summed E-state index contributed by atoms with van der Waals surface area (Å²) in [5, 5.41) is 31.2. The Bertz CT molecular complexity index is 2160. The number of carbonyl (C=O) groups is 5. The molecule has 0 bridgehead atoms. The van der Waals surface area contributed by atoms with Gasteiger partial charge in [-0.25, -0.2) is 9.69 Å². The van der Waals surface area contributed by atoms with Crippen LogP contribution in [0, 0.1) is 30.6 Å². The van der Waals surface area contributed by atoms with Crippen LogP contribution in [0.3, 0.4) is 0 Å². The molecule has 2 saturated heterocycles. The number of rotatable bonds is 6. The van der Waals surface area contributed by atoms with Gasteiger partial charge in [0.15, 0.2) is 0 Å². The lowest BCUT2D eigenvalue weighted by atomic mass is 9.49. The maximum absolute atomic E-state index is 15.1. The van der Waals surface area contributed by atoms with E-state index in [1.807, 2.05) is 55.5 Å². The van der Waals surface area contributed by atoms with Gasteiger partial charge in [0, 0.05) is 12.0 Å². The van der Waals surface area contributed by atoms with Gasteiger partial charge in [0.05, 0.1) is 34.5 Å². The van der Waals surface area contributed by atoms with E-state index in [4.69, 9.17) is 0 Å². The number of nitrogens with zero attached hydrogens (tertiary/aromatic N) is 2. The number of benzene rings is 4. The Morgan fingerprint density at radius 1 is 0.824 bits per heavy atom. The second-order valence-corrected chi connectivity index (χ2v) is 13.7. The van der Waals surface area contributed by atoms with Gasteiger partial charge < -0.3 is 15.3 Å². The molecule has 6 atom stereocenters. The van der Waals surface area contributed by atoms with Crippen molar-refractivity contribution in [2.24, 2.45) is 23.7 Å². The number of aromatic hydroxyl groups is 2. The second-order valence-electron chi connectivity index (χ2n) is 13.7. The summed E-state index contributed by atoms with van der Waals surface area (Å²) in [6.45, 7) is 1.93. The first-order chi connectivity index (χ1) is 24.5. The molecule has 2 aliphatic carbocycles. The predicted molar refractivity (Wildman–Crippen MR) is 184 cm³/mol. The van der Waals surface area contributed by atoms with Crippen LogP contribution in [0.2, 0.25) is 0 Å². The molecule has 51 heavy (non-hydrogen) atoms. The molecule has 3 fully saturated rings. The number of carboxylic acid groups (broad SMARTS) is 1. The predicted octanol–water partition coefficient (Wildman–Crippen LogP) is 5.29. The smallest absolute Gasteiger partial charge is 0.339 e. The fourth-order valence-corrected chi connectivity index (χ4v) is 8.88. The molecular weight excluding hydrogens is 650 g/mol. The number of hydrogen-bond acceptors (Lipinski definition) is 8. The molecular formula is C40H33N3O8. The number of nitrogens with one attached hydrogen (secondary N) is 1. The Morgan fingerprint density at radius 2 is 1.53 bits per heavy atom. The van der Waals surface area contributed by atoms with E-state index < -0.39 is 70.4 Å². The average molecular weight is 684 g/mol. The summed E-state index contributed by atoms with van der Waals surface area (Å²) < 4.78 is 0. The molecule has 0 radical (unpaired) electrons. The molecule has 2 aliphatic heterocycles. The fourth-order valence-electron chi connectivity index (χ4n) is 8.88. The van der Waals surface area contributed by atoms with Crippen LogP contribution in [-0.4, -0.2) is 49.9 Å². The highest BCUT2D eigenvalue weighted by molar-refractivity contribution is 6.23. The Balaban J connectivity index is 1.28. The number of phenolic OH excluding ortho intramolecular Hbond substituents is 1. The van der Waals surface area contributed by atoms with Gasteiger partial charge in [0.2, 0.25) is 11.8 Å². The molecule has 4 aromatic rings. The van der Waals surface area contributed by atoms with Crippen molar-refractivity contribution in [2.75, 3.05) is 10.3 Å². The third kappa shape index (κ3) is 4.68. The lowest BCUT2D eigenvalue weighted by molar-refractivity contribution is -0.138. The Labute approximate surface area is 292 Å². The number of allylic oxidation sites excluding steroid dienone is 2. The Kier molecular flexibility index (Phi) is 7.33. The van der Waals surface area contributed by atoms with Crippen LogP contribution < -0.4 is 10.3 Å². The van der Waals surface area contributed by atoms with Crippen molar-refractivity contribution in [1.29, 1.82) is 0 Å². The van der Waals surface area contributed by atoms with Crippen LogP contribution in [-0.2, 0) is 24.6 Å². The first kappa shape index (κ1) is 32.0. The van der Waals surface area contributed by atoms with Crippen LogP contribution >= 0.6 is 0 Å². The number of anilines is 2. The quantitative estimate of drug-likeness (QED) is 0.156. The van der Waals surface area contributed by atoms with Crippen LogP contribution in [0.4, 0.5) is 11.4 Å². The minimum absolute atomic E-state index is 0.0231. The van der Waals surface area contributed by atoms with E-state index >= 15 is 4.79 Å². The molecule has 4 N–H and O–H groups in total. The fraction of sp³-hybridized carbons (Fsp3) is 0.225. The number of imide groups is 2. The number of hydrogen-bond donors (Lipinski definition) is 4. The molecule has 11 heteroatoms. The summed E-state index contributed by atoms with van der Waals surface area (Å²) in [4.78, 5) is 70.7. The standard InChI is InChI=1S/C40H33N3O8/c1-21-7-11-24(12-8-21)41-43-36(47)31-20-30-27(34(22-9-14-26(44)15-10-22)40(31,39(43)51)23-5-3-2-4-6-23)17-18-29-33(30)37(48)42(35(29)46)25-13-16-28(38(49)50)32(45)19-25/h2-17,19,29-31,33-34,41,44-45H,18,20H2,1H3,(H,49,50). The number of carbonyl (C=O) groups excluding carboxylic acids is 4. The summed E-state index contributed by atoms with van der Waals surface area (Å²) in [6, 6.07) is 26.6. The first-order valence-electron chi connectivity index (χ1n) is 16.7. The third-order valence-electron chi connectivity index (χ3n) is 11.1. The van der Waals surface area contributed by atoms with Gasteiger partial charge in [0.1, 0.15) is 17.1 Å². The molecule has 11 nitrogen and oxygen atoms in total. The molecule has 6 unspecified atom stereocenters. The molecule has 0 spiro atoms. The van der Waals surface area contributed by atoms with Crippen molar-refractivity contribution in [3.05, 3.63) is 131 Å². The summed E-state index contributed by atoms with van der Waals surface area (Å²) in [5.74, 6) is -7.79.